The number of carbonyl (C=O) groups is 1. The van der Waals surface area contributed by atoms with Crippen molar-refractivity contribution in [2.24, 2.45) is 7.05 Å². The van der Waals surface area contributed by atoms with Crippen molar-refractivity contribution < 1.29 is 9.90 Å². The molecule has 0 saturated carbocycles. The molecule has 0 radical (unpaired) electrons. The number of nitrogens with zero attached hydrogens (tertiary/aromatic N) is 4. The third kappa shape index (κ3) is 1.93. The van der Waals surface area contributed by atoms with Gasteiger partial charge in [0.15, 0.2) is 5.65 Å². The zero-order chi connectivity index (χ0) is 12.6. The quantitative estimate of drug-likeness (QED) is 0.850. The van der Waals surface area contributed by atoms with Crippen LogP contribution in [0.15, 0.2) is 12.3 Å². The highest BCUT2D eigenvalue weighted by Crippen LogP contribution is 2.26. The van der Waals surface area contributed by atoms with Gasteiger partial charge in [0.05, 0.1) is 16.8 Å². The van der Waals surface area contributed by atoms with E-state index in [1.54, 1.807) is 28.9 Å². The Bertz CT molecular complexity index is 576. The molecule has 0 atom stereocenters. The summed E-state index contributed by atoms with van der Waals surface area (Å²) in [6, 6.07) is 1.81. The molecule has 2 aromatic heterocycles. The summed E-state index contributed by atoms with van der Waals surface area (Å²) in [7, 11) is 3.57. The van der Waals surface area contributed by atoms with Gasteiger partial charge in [0, 0.05) is 20.3 Å². The molecule has 90 valence electrons. The number of anilines is 1. The molecule has 0 amide bonds. The molecule has 0 spiro atoms. The highest BCUT2D eigenvalue weighted by atomic mass is 16.4. The van der Waals surface area contributed by atoms with Gasteiger partial charge in [0.2, 0.25) is 0 Å². The van der Waals surface area contributed by atoms with E-state index in [0.29, 0.717) is 0 Å². The monoisotopic (exact) mass is 234 g/mol. The third-order valence-corrected chi connectivity index (χ3v) is 2.66. The number of fused-ring (bicyclic) bond motifs is 1. The second kappa shape index (κ2) is 4.04. The van der Waals surface area contributed by atoms with Gasteiger partial charge in [-0.05, 0) is 13.0 Å². The average Bonchev–Trinajstić information content (AvgIpc) is 2.54. The molecular weight excluding hydrogens is 220 g/mol. The summed E-state index contributed by atoms with van der Waals surface area (Å²) in [6.07, 6.45) is 1.66. The second-order valence-electron chi connectivity index (χ2n) is 3.99. The lowest BCUT2D eigenvalue weighted by atomic mass is 10.2. The predicted molar refractivity (Wildman–Crippen MR) is 64.2 cm³/mol. The number of likely N-dealkylation sites (N-methyl/N-ethyl adjacent to an activating group) is 1. The third-order valence-electron chi connectivity index (χ3n) is 2.66. The molecule has 0 unspecified atom stereocenters. The zero-order valence-electron chi connectivity index (χ0n) is 10.0. The molecule has 2 rings (SSSR count). The largest absolute Gasteiger partial charge is 0.480 e. The minimum absolute atomic E-state index is 0.0482. The van der Waals surface area contributed by atoms with Crippen LogP contribution in [0.2, 0.25) is 0 Å². The van der Waals surface area contributed by atoms with E-state index < -0.39 is 5.97 Å². The van der Waals surface area contributed by atoms with Gasteiger partial charge in [-0.3, -0.25) is 9.48 Å². The average molecular weight is 234 g/mol. The summed E-state index contributed by atoms with van der Waals surface area (Å²) in [4.78, 5) is 16.7. The Morgan fingerprint density at radius 1 is 1.59 bits per heavy atom. The predicted octanol–water partition coefficient (Wildman–Crippen LogP) is 0.798. The van der Waals surface area contributed by atoms with Crippen molar-refractivity contribution >= 4 is 22.7 Å². The number of aliphatic carboxylic acids is 1. The second-order valence-corrected chi connectivity index (χ2v) is 3.99. The molecule has 0 bridgehead atoms. The standard InChI is InChI=1S/C11H14N4O2/c1-7-10-8(14(2)6-9(16)17)4-5-12-11(10)15(3)13-7/h4-5H,6H2,1-3H3,(H,16,17). The summed E-state index contributed by atoms with van der Waals surface area (Å²) >= 11 is 0. The van der Waals surface area contributed by atoms with Crippen LogP contribution in [0.5, 0.6) is 0 Å². The Balaban J connectivity index is 2.57. The molecule has 17 heavy (non-hydrogen) atoms. The van der Waals surface area contributed by atoms with E-state index >= 15 is 0 Å². The van der Waals surface area contributed by atoms with Gasteiger partial charge in [-0.25, -0.2) is 4.98 Å². The molecule has 0 aliphatic carbocycles. The van der Waals surface area contributed by atoms with Gasteiger partial charge in [0.1, 0.15) is 6.54 Å². The number of aryl methyl sites for hydroxylation is 2. The zero-order valence-corrected chi connectivity index (χ0v) is 10.0. The fourth-order valence-corrected chi connectivity index (χ4v) is 1.96. The maximum Gasteiger partial charge on any atom is 0.323 e. The minimum Gasteiger partial charge on any atom is -0.480 e. The van der Waals surface area contributed by atoms with Crippen LogP contribution >= 0.6 is 0 Å². The Morgan fingerprint density at radius 2 is 2.29 bits per heavy atom. The first-order chi connectivity index (χ1) is 8.00. The summed E-state index contributed by atoms with van der Waals surface area (Å²) in [5.74, 6) is -0.862. The van der Waals surface area contributed by atoms with E-state index in [1.807, 2.05) is 14.0 Å². The molecule has 6 nitrogen and oxygen atoms in total. The van der Waals surface area contributed by atoms with Crippen molar-refractivity contribution in [3.05, 3.63) is 18.0 Å². The molecule has 2 heterocycles. The van der Waals surface area contributed by atoms with E-state index in [1.165, 1.54) is 0 Å². The fraction of sp³-hybridized carbons (Fsp3) is 0.364. The number of rotatable bonds is 3. The van der Waals surface area contributed by atoms with Gasteiger partial charge in [0.25, 0.3) is 0 Å². The van der Waals surface area contributed by atoms with E-state index in [9.17, 15) is 4.79 Å². The van der Waals surface area contributed by atoms with Crippen LogP contribution in [0, 0.1) is 6.92 Å². The van der Waals surface area contributed by atoms with Crippen molar-refractivity contribution in [2.45, 2.75) is 6.92 Å². The SMILES string of the molecule is Cc1nn(C)c2nccc(N(C)CC(=O)O)c12. The maximum absolute atomic E-state index is 10.7. The number of pyridine rings is 1. The van der Waals surface area contributed by atoms with Gasteiger partial charge in [-0.1, -0.05) is 0 Å². The lowest BCUT2D eigenvalue weighted by Crippen LogP contribution is -2.25. The first-order valence-corrected chi connectivity index (χ1v) is 5.22. The van der Waals surface area contributed by atoms with Crippen LogP contribution in [0.1, 0.15) is 5.69 Å². The van der Waals surface area contributed by atoms with Crippen LogP contribution in [0.25, 0.3) is 11.0 Å². The molecule has 6 heteroatoms. The maximum atomic E-state index is 10.7. The van der Waals surface area contributed by atoms with Gasteiger partial charge >= 0.3 is 5.97 Å². The molecule has 0 aliphatic rings. The van der Waals surface area contributed by atoms with Crippen molar-refractivity contribution in [2.75, 3.05) is 18.5 Å². The van der Waals surface area contributed by atoms with Crippen LogP contribution in [0.3, 0.4) is 0 Å². The van der Waals surface area contributed by atoms with Crippen molar-refractivity contribution in [3.63, 3.8) is 0 Å². The van der Waals surface area contributed by atoms with Gasteiger partial charge in [-0.2, -0.15) is 5.10 Å². The van der Waals surface area contributed by atoms with E-state index in [2.05, 4.69) is 10.1 Å². The summed E-state index contributed by atoms with van der Waals surface area (Å²) in [5, 5.41) is 14.0. The first-order valence-electron chi connectivity index (χ1n) is 5.22. The van der Waals surface area contributed by atoms with Crippen molar-refractivity contribution in [1.29, 1.82) is 0 Å². The van der Waals surface area contributed by atoms with Crippen LogP contribution < -0.4 is 4.90 Å². The number of hydrogen-bond donors (Lipinski definition) is 1. The van der Waals surface area contributed by atoms with Crippen molar-refractivity contribution in [3.8, 4) is 0 Å². The number of aromatic nitrogens is 3. The summed E-state index contributed by atoms with van der Waals surface area (Å²) in [6.45, 7) is 1.84. The number of carboxylic acid groups (broad SMARTS) is 1. The van der Waals surface area contributed by atoms with E-state index in [4.69, 9.17) is 5.11 Å². The molecule has 0 aliphatic heterocycles. The summed E-state index contributed by atoms with van der Waals surface area (Å²) < 4.78 is 1.70. The highest BCUT2D eigenvalue weighted by Gasteiger charge is 2.14. The van der Waals surface area contributed by atoms with Crippen LogP contribution in [-0.2, 0) is 11.8 Å². The van der Waals surface area contributed by atoms with E-state index in [-0.39, 0.29) is 6.54 Å². The van der Waals surface area contributed by atoms with Crippen LogP contribution in [0.4, 0.5) is 5.69 Å². The lowest BCUT2D eigenvalue weighted by Gasteiger charge is -2.17. The van der Waals surface area contributed by atoms with Crippen LogP contribution in [-0.4, -0.2) is 39.4 Å². The topological polar surface area (TPSA) is 71.2 Å². The highest BCUT2D eigenvalue weighted by molar-refractivity contribution is 5.93. The molecule has 2 aromatic rings. The Morgan fingerprint density at radius 3 is 2.94 bits per heavy atom. The molecule has 1 N–H and O–H groups in total. The van der Waals surface area contributed by atoms with Gasteiger partial charge in [-0.15, -0.1) is 0 Å². The normalized spacial score (nSPS) is 10.8. The molecule has 0 saturated heterocycles. The Hall–Kier alpha value is -2.11. The number of hydrogen-bond acceptors (Lipinski definition) is 4. The lowest BCUT2D eigenvalue weighted by molar-refractivity contribution is -0.135. The Labute approximate surface area is 98.5 Å². The Kier molecular flexibility index (Phi) is 2.71. The molecular formula is C11H14N4O2. The minimum atomic E-state index is -0.862. The van der Waals surface area contributed by atoms with E-state index in [0.717, 1.165) is 22.4 Å². The number of carboxylic acids is 1. The summed E-state index contributed by atoms with van der Waals surface area (Å²) in [5.41, 5.74) is 2.45. The van der Waals surface area contributed by atoms with Gasteiger partial charge < -0.3 is 10.0 Å². The smallest absolute Gasteiger partial charge is 0.323 e. The fourth-order valence-electron chi connectivity index (χ4n) is 1.96. The van der Waals surface area contributed by atoms with Crippen molar-refractivity contribution in [1.82, 2.24) is 14.8 Å². The first kappa shape index (κ1) is 11.4. The molecule has 0 fully saturated rings. The molecule has 0 aromatic carbocycles.